The third-order valence-corrected chi connectivity index (χ3v) is 11.0. The van der Waals surface area contributed by atoms with Crippen LogP contribution in [0.2, 0.25) is 0 Å². The number of aliphatic imine (C=N–C) groups is 2. The van der Waals surface area contributed by atoms with Crippen molar-refractivity contribution in [3.8, 4) is 0 Å². The summed E-state index contributed by atoms with van der Waals surface area (Å²) in [5, 5.41) is 44.5. The smallest absolute Gasteiger partial charge is 0.325 e. The van der Waals surface area contributed by atoms with Gasteiger partial charge in [0.15, 0.2) is 11.9 Å². The van der Waals surface area contributed by atoms with Gasteiger partial charge < -0.3 is 80.8 Å². The van der Waals surface area contributed by atoms with Crippen LogP contribution in [0.15, 0.2) is 40.3 Å². The number of hydrogen-bond acceptors (Lipinski definition) is 13. The maximum atomic E-state index is 14.2. The van der Waals surface area contributed by atoms with Gasteiger partial charge in [0.25, 0.3) is 0 Å². The minimum absolute atomic E-state index is 0.0416. The van der Waals surface area contributed by atoms with Gasteiger partial charge in [0.05, 0.1) is 18.8 Å². The van der Waals surface area contributed by atoms with E-state index in [0.29, 0.717) is 12.8 Å². The van der Waals surface area contributed by atoms with Crippen molar-refractivity contribution >= 4 is 59.2 Å². The molecular formula is C42H70N14O11. The third kappa shape index (κ3) is 19.0. The van der Waals surface area contributed by atoms with Crippen LogP contribution in [-0.4, -0.2) is 160 Å². The summed E-state index contributed by atoms with van der Waals surface area (Å²) < 4.78 is 0. The van der Waals surface area contributed by atoms with Crippen LogP contribution in [0.5, 0.6) is 0 Å². The van der Waals surface area contributed by atoms with Crippen LogP contribution in [-0.2, 0) is 44.8 Å². The second-order valence-electron chi connectivity index (χ2n) is 16.4. The Kier molecular flexibility index (Phi) is 24.0. The number of aliphatic carboxylic acids is 1. The standard InChI is InChI=1S/C42H70N14O11/c1-5-22(2)31(37(63)55-32(24(4)58)38(64)50-23(3)40(66)67)54-35(61)29(21-57)53-34(60)27(14-9-17-48-41(44)45)51-36(62)30-16-11-19-56(30)39(65)28(15-10-18-49-42(46)47)52-33(59)26(43)20-25-12-7-6-8-13-25/h6-8,12-13,22-24,26-32,57-58H,5,9-11,14-21,43H2,1-4H3,(H,50,64)(H,51,62)(H,52,59)(H,53,60)(H,54,61)(H,55,63)(H,66,67)(H4,44,45,48)(H4,46,47,49)/t22-,23-,24+,26-,27-,28-,29-,30-,31-,32-/m0/s1. The van der Waals surface area contributed by atoms with Crippen LogP contribution in [0.3, 0.4) is 0 Å². The van der Waals surface area contributed by atoms with Gasteiger partial charge in [-0.2, -0.15) is 0 Å². The first-order chi connectivity index (χ1) is 31.6. The van der Waals surface area contributed by atoms with E-state index in [1.54, 1.807) is 26.0 Å². The summed E-state index contributed by atoms with van der Waals surface area (Å²) in [5.74, 6) is -8.14. The molecule has 1 aliphatic heterocycles. The lowest BCUT2D eigenvalue weighted by molar-refractivity contribution is -0.142. The van der Waals surface area contributed by atoms with Gasteiger partial charge in [-0.05, 0) is 70.3 Å². The second kappa shape index (κ2) is 28.4. The molecule has 7 amide bonds. The van der Waals surface area contributed by atoms with Gasteiger partial charge in [-0.1, -0.05) is 50.6 Å². The zero-order valence-electron chi connectivity index (χ0n) is 38.5. The highest BCUT2D eigenvalue weighted by atomic mass is 16.4. The number of nitrogens with one attached hydrogen (secondary N) is 6. The van der Waals surface area contributed by atoms with Gasteiger partial charge in [-0.25, -0.2) is 0 Å². The number of likely N-dealkylation sites (tertiary alicyclic amines) is 1. The molecular weight excluding hydrogens is 877 g/mol. The number of guanidine groups is 2. The molecule has 0 aromatic heterocycles. The predicted molar refractivity (Wildman–Crippen MR) is 246 cm³/mol. The van der Waals surface area contributed by atoms with Crippen molar-refractivity contribution in [1.29, 1.82) is 0 Å². The summed E-state index contributed by atoms with van der Waals surface area (Å²) in [6.07, 6.45) is 0.0343. The molecule has 0 spiro atoms. The maximum Gasteiger partial charge on any atom is 0.325 e. The molecule has 1 fully saturated rings. The number of aliphatic hydroxyl groups excluding tert-OH is 2. The molecule has 374 valence electrons. The van der Waals surface area contributed by atoms with E-state index in [1.807, 2.05) is 18.2 Å². The monoisotopic (exact) mass is 947 g/mol. The molecule has 0 unspecified atom stereocenters. The molecule has 2 rings (SSSR count). The van der Waals surface area contributed by atoms with Crippen LogP contribution in [0.1, 0.15) is 78.2 Å². The van der Waals surface area contributed by atoms with Crippen molar-refractivity contribution in [3.63, 3.8) is 0 Å². The first-order valence-corrected chi connectivity index (χ1v) is 22.2. The fourth-order valence-corrected chi connectivity index (χ4v) is 6.98. The van der Waals surface area contributed by atoms with Gasteiger partial charge in [0.1, 0.15) is 42.3 Å². The van der Waals surface area contributed by atoms with Crippen molar-refractivity contribution in [2.45, 2.75) is 134 Å². The highest BCUT2D eigenvalue weighted by molar-refractivity contribution is 5.98. The zero-order chi connectivity index (χ0) is 50.4. The number of carbonyl (C=O) groups excluding carboxylic acids is 7. The number of nitrogens with two attached hydrogens (primary N) is 5. The molecule has 1 aliphatic rings. The Hall–Kier alpha value is -6.60. The normalized spacial score (nSPS) is 17.3. The molecule has 19 N–H and O–H groups in total. The summed E-state index contributed by atoms with van der Waals surface area (Å²) in [6, 6.07) is -1.59. The van der Waals surface area contributed by atoms with Crippen molar-refractivity contribution in [2.75, 3.05) is 26.2 Å². The Morgan fingerprint density at radius 2 is 1.27 bits per heavy atom. The number of amides is 7. The summed E-state index contributed by atoms with van der Waals surface area (Å²) in [5.41, 5.74) is 28.9. The summed E-state index contributed by atoms with van der Waals surface area (Å²) in [6.45, 7) is 5.04. The molecule has 25 nitrogen and oxygen atoms in total. The molecule has 0 saturated carbocycles. The van der Waals surface area contributed by atoms with E-state index < -0.39 is 114 Å². The fourth-order valence-electron chi connectivity index (χ4n) is 6.98. The van der Waals surface area contributed by atoms with Crippen LogP contribution in [0.4, 0.5) is 0 Å². The molecule has 1 aromatic carbocycles. The molecule has 1 aromatic rings. The average molecular weight is 947 g/mol. The Balaban J connectivity index is 2.32. The summed E-state index contributed by atoms with van der Waals surface area (Å²) >= 11 is 0. The van der Waals surface area contributed by atoms with E-state index in [9.17, 15) is 53.7 Å². The number of nitrogens with zero attached hydrogens (tertiary/aromatic N) is 3. The predicted octanol–water partition coefficient (Wildman–Crippen LogP) is -4.91. The highest BCUT2D eigenvalue weighted by Gasteiger charge is 2.40. The Morgan fingerprint density at radius 1 is 0.731 bits per heavy atom. The van der Waals surface area contributed by atoms with Crippen molar-refractivity contribution < 1.29 is 53.7 Å². The van der Waals surface area contributed by atoms with Gasteiger partial charge in [0.2, 0.25) is 41.4 Å². The molecule has 1 saturated heterocycles. The number of aliphatic hydroxyl groups is 2. The van der Waals surface area contributed by atoms with Gasteiger partial charge in [-0.3, -0.25) is 48.3 Å². The summed E-state index contributed by atoms with van der Waals surface area (Å²) in [7, 11) is 0. The van der Waals surface area contributed by atoms with E-state index >= 15 is 0 Å². The first kappa shape index (κ1) is 56.5. The zero-order valence-corrected chi connectivity index (χ0v) is 38.5. The third-order valence-electron chi connectivity index (χ3n) is 11.0. The van der Waals surface area contributed by atoms with Crippen LogP contribution in [0.25, 0.3) is 0 Å². The fraction of sp³-hybridized carbons (Fsp3) is 0.619. The van der Waals surface area contributed by atoms with Crippen molar-refractivity contribution in [1.82, 2.24) is 36.8 Å². The molecule has 67 heavy (non-hydrogen) atoms. The number of benzene rings is 1. The van der Waals surface area contributed by atoms with E-state index in [2.05, 4.69) is 41.9 Å². The Bertz CT molecular complexity index is 1900. The number of carboxylic acid groups (broad SMARTS) is 1. The first-order valence-electron chi connectivity index (χ1n) is 22.2. The number of carbonyl (C=O) groups is 8. The molecule has 0 radical (unpaired) electrons. The minimum atomic E-state index is -1.68. The molecule has 0 aliphatic carbocycles. The highest BCUT2D eigenvalue weighted by Crippen LogP contribution is 2.21. The lowest BCUT2D eigenvalue weighted by Crippen LogP contribution is -2.62. The molecule has 0 bridgehead atoms. The largest absolute Gasteiger partial charge is 0.480 e. The Morgan fingerprint density at radius 3 is 1.81 bits per heavy atom. The quantitative estimate of drug-likeness (QED) is 0.0213. The summed E-state index contributed by atoms with van der Waals surface area (Å²) in [4.78, 5) is 116. The van der Waals surface area contributed by atoms with Crippen LogP contribution in [0, 0.1) is 5.92 Å². The van der Waals surface area contributed by atoms with Gasteiger partial charge in [0, 0.05) is 19.6 Å². The lowest BCUT2D eigenvalue weighted by Gasteiger charge is -2.31. The second-order valence-corrected chi connectivity index (χ2v) is 16.4. The van der Waals surface area contributed by atoms with Crippen LogP contribution >= 0.6 is 0 Å². The van der Waals surface area contributed by atoms with Crippen molar-refractivity contribution in [3.05, 3.63) is 35.9 Å². The van der Waals surface area contributed by atoms with E-state index in [1.165, 1.54) is 18.7 Å². The van der Waals surface area contributed by atoms with Crippen molar-refractivity contribution in [2.24, 2.45) is 44.6 Å². The van der Waals surface area contributed by atoms with Gasteiger partial charge >= 0.3 is 5.97 Å². The molecule has 25 heteroatoms. The number of hydrogen-bond donors (Lipinski definition) is 14. The number of carboxylic acids is 1. The molecule has 10 atom stereocenters. The lowest BCUT2D eigenvalue weighted by atomic mass is 9.97. The van der Waals surface area contributed by atoms with E-state index in [-0.39, 0.29) is 70.1 Å². The number of rotatable bonds is 28. The molecule has 1 heterocycles. The topological polar surface area (TPSA) is 427 Å². The van der Waals surface area contributed by atoms with Gasteiger partial charge in [-0.15, -0.1) is 0 Å². The maximum absolute atomic E-state index is 14.2. The SMILES string of the molecule is CC[C@H](C)[C@H](NC(=O)[C@H](CO)NC(=O)[C@H](CCCN=C(N)N)NC(=O)[C@@H]1CCCN1C(=O)[C@H](CCCN=C(N)N)NC(=O)[C@@H](N)Cc1ccccc1)C(=O)N[C@H](C(=O)N[C@@H](C)C(=O)O)[C@@H](C)O. The van der Waals surface area contributed by atoms with E-state index in [4.69, 9.17) is 28.7 Å². The van der Waals surface area contributed by atoms with E-state index in [0.717, 1.165) is 5.56 Å². The average Bonchev–Trinajstić information content (AvgIpc) is 3.78. The minimum Gasteiger partial charge on any atom is -0.480 e. The Labute approximate surface area is 389 Å². The van der Waals surface area contributed by atoms with Crippen LogP contribution < -0.4 is 60.6 Å².